The van der Waals surface area contributed by atoms with E-state index in [2.05, 4.69) is 20.6 Å². The number of nitrogens with zero attached hydrogens (tertiary/aromatic N) is 2. The number of aromatic nitrogens is 2. The number of rotatable bonds is 9. The van der Waals surface area contributed by atoms with E-state index < -0.39 is 5.82 Å². The number of fused-ring (bicyclic) bond motifs is 1. The van der Waals surface area contributed by atoms with E-state index >= 15 is 0 Å². The number of hydrogen-bond donors (Lipinski definition) is 2. The van der Waals surface area contributed by atoms with Crippen molar-refractivity contribution in [1.29, 1.82) is 0 Å². The molecule has 1 heterocycles. The number of halogens is 2. The van der Waals surface area contributed by atoms with Crippen LogP contribution in [0, 0.1) is 5.82 Å². The van der Waals surface area contributed by atoms with Crippen molar-refractivity contribution in [2.24, 2.45) is 0 Å². The zero-order chi connectivity index (χ0) is 22.2. The maximum atomic E-state index is 13.5. The molecule has 1 amide bonds. The lowest BCUT2D eigenvalue weighted by Crippen LogP contribution is -2.12. The van der Waals surface area contributed by atoms with Crippen LogP contribution < -0.4 is 15.4 Å². The Morgan fingerprint density at radius 2 is 2.06 bits per heavy atom. The predicted molar refractivity (Wildman–Crippen MR) is 120 cm³/mol. The average Bonchev–Trinajstić information content (AvgIpc) is 2.74. The third-order valence-corrected chi connectivity index (χ3v) is 4.47. The molecule has 2 aromatic carbocycles. The monoisotopic (exact) mass is 444 g/mol. The molecular weight excluding hydrogens is 423 g/mol. The zero-order valence-corrected chi connectivity index (χ0v) is 17.9. The maximum absolute atomic E-state index is 13.5. The largest absolute Gasteiger partial charge is 0.489 e. The molecule has 3 aromatic rings. The fraction of sp³-hybridized carbons (Fsp3) is 0.227. The van der Waals surface area contributed by atoms with Crippen LogP contribution in [0.4, 0.5) is 21.6 Å². The highest BCUT2D eigenvalue weighted by atomic mass is 35.5. The van der Waals surface area contributed by atoms with Crippen LogP contribution in [0.5, 0.6) is 5.75 Å². The summed E-state index contributed by atoms with van der Waals surface area (Å²) in [5.74, 6) is 0.116. The molecule has 0 unspecified atom stereocenters. The SMILES string of the molecule is C/C=C/C(=O)Nc1cc2c(Nc3ccc(F)c(Cl)c3)ncnc2cc1OCCOCC. The molecule has 0 aliphatic rings. The van der Waals surface area contributed by atoms with Gasteiger partial charge in [-0.2, -0.15) is 0 Å². The highest BCUT2D eigenvalue weighted by Gasteiger charge is 2.13. The first-order valence-corrected chi connectivity index (χ1v) is 10.0. The van der Waals surface area contributed by atoms with Crippen LogP contribution in [0.25, 0.3) is 10.9 Å². The Morgan fingerprint density at radius 1 is 1.23 bits per heavy atom. The highest BCUT2D eigenvalue weighted by molar-refractivity contribution is 6.31. The average molecular weight is 445 g/mol. The van der Waals surface area contributed by atoms with Crippen molar-refractivity contribution >= 4 is 45.6 Å². The summed E-state index contributed by atoms with van der Waals surface area (Å²) in [6.45, 7) is 4.97. The molecule has 31 heavy (non-hydrogen) atoms. The van der Waals surface area contributed by atoms with E-state index in [0.29, 0.717) is 53.7 Å². The third-order valence-electron chi connectivity index (χ3n) is 4.18. The first-order chi connectivity index (χ1) is 15.0. The molecule has 0 spiro atoms. The number of carbonyl (C=O) groups is 1. The van der Waals surface area contributed by atoms with Crippen molar-refractivity contribution in [3.8, 4) is 5.75 Å². The second-order valence-electron chi connectivity index (χ2n) is 6.38. The maximum Gasteiger partial charge on any atom is 0.248 e. The van der Waals surface area contributed by atoms with Crippen LogP contribution in [-0.2, 0) is 9.53 Å². The molecule has 0 atom stereocenters. The van der Waals surface area contributed by atoms with Crippen molar-refractivity contribution in [3.05, 3.63) is 59.7 Å². The summed E-state index contributed by atoms with van der Waals surface area (Å²) in [5.41, 5.74) is 1.62. The second-order valence-corrected chi connectivity index (χ2v) is 6.78. The molecule has 0 saturated heterocycles. The summed E-state index contributed by atoms with van der Waals surface area (Å²) in [4.78, 5) is 20.7. The Morgan fingerprint density at radius 3 is 2.81 bits per heavy atom. The molecule has 9 heteroatoms. The van der Waals surface area contributed by atoms with Crippen LogP contribution in [0.15, 0.2) is 48.8 Å². The number of nitrogens with one attached hydrogen (secondary N) is 2. The molecule has 0 radical (unpaired) electrons. The standard InChI is InChI=1S/C22H22ClFN4O3/c1-3-5-21(29)28-19-11-15-18(12-20(19)31-9-8-30-4-2)25-13-26-22(15)27-14-6-7-17(24)16(23)10-14/h3,5-7,10-13H,4,8-9H2,1-2H3,(H,28,29)(H,25,26,27)/b5-3+. The summed E-state index contributed by atoms with van der Waals surface area (Å²) in [6, 6.07) is 7.72. The van der Waals surface area contributed by atoms with Crippen molar-refractivity contribution in [2.75, 3.05) is 30.5 Å². The molecule has 2 N–H and O–H groups in total. The van der Waals surface area contributed by atoms with E-state index in [1.165, 1.54) is 24.5 Å². The normalized spacial score (nSPS) is 11.1. The lowest BCUT2D eigenvalue weighted by atomic mass is 10.1. The minimum absolute atomic E-state index is 0.00680. The quantitative estimate of drug-likeness (QED) is 0.353. The van der Waals surface area contributed by atoms with E-state index in [0.717, 1.165) is 0 Å². The molecule has 1 aromatic heterocycles. The Bertz CT molecular complexity index is 1110. The zero-order valence-electron chi connectivity index (χ0n) is 17.1. The lowest BCUT2D eigenvalue weighted by Gasteiger charge is -2.15. The van der Waals surface area contributed by atoms with Gasteiger partial charge < -0.3 is 20.1 Å². The van der Waals surface area contributed by atoms with E-state index in [1.54, 1.807) is 31.2 Å². The van der Waals surface area contributed by atoms with Gasteiger partial charge >= 0.3 is 0 Å². The topological polar surface area (TPSA) is 85.4 Å². The van der Waals surface area contributed by atoms with Gasteiger partial charge in [-0.05, 0) is 44.2 Å². The summed E-state index contributed by atoms with van der Waals surface area (Å²) in [5, 5.41) is 6.55. The number of benzene rings is 2. The summed E-state index contributed by atoms with van der Waals surface area (Å²) in [6.07, 6.45) is 4.45. The minimum atomic E-state index is -0.511. The first-order valence-electron chi connectivity index (χ1n) is 9.67. The Balaban J connectivity index is 1.98. The number of amides is 1. The van der Waals surface area contributed by atoms with Crippen LogP contribution in [0.1, 0.15) is 13.8 Å². The van der Waals surface area contributed by atoms with Gasteiger partial charge in [0.2, 0.25) is 5.91 Å². The first kappa shape index (κ1) is 22.5. The highest BCUT2D eigenvalue weighted by Crippen LogP contribution is 2.33. The number of hydrogen-bond acceptors (Lipinski definition) is 6. The lowest BCUT2D eigenvalue weighted by molar-refractivity contribution is -0.111. The molecule has 0 aliphatic heterocycles. The molecule has 7 nitrogen and oxygen atoms in total. The van der Waals surface area contributed by atoms with Gasteiger partial charge in [0.1, 0.15) is 30.3 Å². The van der Waals surface area contributed by atoms with Gasteiger partial charge in [0.05, 0.1) is 22.8 Å². The third kappa shape index (κ3) is 5.90. The van der Waals surface area contributed by atoms with Gasteiger partial charge in [-0.1, -0.05) is 17.7 Å². The van der Waals surface area contributed by atoms with E-state index in [-0.39, 0.29) is 10.9 Å². The molecule has 162 valence electrons. The van der Waals surface area contributed by atoms with Gasteiger partial charge in [-0.3, -0.25) is 4.79 Å². The van der Waals surface area contributed by atoms with Gasteiger partial charge in [-0.25, -0.2) is 14.4 Å². The van der Waals surface area contributed by atoms with Crippen molar-refractivity contribution in [3.63, 3.8) is 0 Å². The summed E-state index contributed by atoms with van der Waals surface area (Å²) < 4.78 is 24.6. The summed E-state index contributed by atoms with van der Waals surface area (Å²) in [7, 11) is 0. The number of ether oxygens (including phenoxy) is 2. The van der Waals surface area contributed by atoms with Crippen molar-refractivity contribution in [1.82, 2.24) is 9.97 Å². The van der Waals surface area contributed by atoms with Crippen LogP contribution in [0.3, 0.4) is 0 Å². The molecular formula is C22H22ClFN4O3. The van der Waals surface area contributed by atoms with Gasteiger partial charge in [0.25, 0.3) is 0 Å². The number of carbonyl (C=O) groups excluding carboxylic acids is 1. The van der Waals surface area contributed by atoms with E-state index in [1.807, 2.05) is 6.92 Å². The molecule has 0 aliphatic carbocycles. The van der Waals surface area contributed by atoms with Crippen molar-refractivity contribution in [2.45, 2.75) is 13.8 Å². The van der Waals surface area contributed by atoms with Gasteiger partial charge in [0, 0.05) is 23.7 Å². The molecule has 0 bridgehead atoms. The Hall–Kier alpha value is -3.23. The van der Waals surface area contributed by atoms with Crippen molar-refractivity contribution < 1.29 is 18.7 Å². The minimum Gasteiger partial charge on any atom is -0.489 e. The second kappa shape index (κ2) is 10.7. The number of anilines is 3. The van der Waals surface area contributed by atoms with Crippen LogP contribution in [-0.4, -0.2) is 35.7 Å². The fourth-order valence-electron chi connectivity index (χ4n) is 2.79. The van der Waals surface area contributed by atoms with E-state index in [9.17, 15) is 9.18 Å². The van der Waals surface area contributed by atoms with Crippen LogP contribution in [0.2, 0.25) is 5.02 Å². The fourth-order valence-corrected chi connectivity index (χ4v) is 2.97. The smallest absolute Gasteiger partial charge is 0.248 e. The van der Waals surface area contributed by atoms with E-state index in [4.69, 9.17) is 21.1 Å². The van der Waals surface area contributed by atoms with Crippen LogP contribution >= 0.6 is 11.6 Å². The van der Waals surface area contributed by atoms with Gasteiger partial charge in [0.15, 0.2) is 0 Å². The van der Waals surface area contributed by atoms with Gasteiger partial charge in [-0.15, -0.1) is 0 Å². The Labute approximate surface area is 184 Å². The molecule has 0 saturated carbocycles. The summed E-state index contributed by atoms with van der Waals surface area (Å²) >= 11 is 5.87. The molecule has 0 fully saturated rings. The molecule has 3 rings (SSSR count). The number of allylic oxidation sites excluding steroid dienone is 1. The predicted octanol–water partition coefficient (Wildman–Crippen LogP) is 5.10. The Kier molecular flexibility index (Phi) is 7.75.